The van der Waals surface area contributed by atoms with Crippen molar-refractivity contribution >= 4 is 22.9 Å². The number of aromatic carboxylic acids is 1. The third kappa shape index (κ3) is 2.37. The van der Waals surface area contributed by atoms with E-state index in [0.717, 1.165) is 16.7 Å². The molecule has 0 bridgehead atoms. The van der Waals surface area contributed by atoms with Crippen molar-refractivity contribution in [3.05, 3.63) is 107 Å². The average molecular weight is 326 g/mol. The first-order chi connectivity index (χ1) is 12.2. The highest BCUT2D eigenvalue weighted by Crippen LogP contribution is 2.42. The molecule has 0 spiro atoms. The van der Waals surface area contributed by atoms with Crippen molar-refractivity contribution in [1.29, 1.82) is 0 Å². The van der Waals surface area contributed by atoms with E-state index in [-0.39, 0.29) is 11.3 Å². The van der Waals surface area contributed by atoms with Gasteiger partial charge >= 0.3 is 5.97 Å². The fraction of sp³-hybridized carbons (Fsp3) is 0. The van der Waals surface area contributed by atoms with Crippen LogP contribution >= 0.6 is 0 Å². The van der Waals surface area contributed by atoms with Crippen LogP contribution in [0.25, 0.3) is 11.1 Å². The number of carboxylic acids is 1. The van der Waals surface area contributed by atoms with E-state index in [1.165, 1.54) is 6.07 Å². The SMILES string of the molecule is O=C(O)c1ccccc1C1=C(c2ccccc2)c2ccccc2C1=O. The fourth-order valence-corrected chi connectivity index (χ4v) is 3.33. The van der Waals surface area contributed by atoms with Crippen LogP contribution in [0.4, 0.5) is 0 Å². The summed E-state index contributed by atoms with van der Waals surface area (Å²) < 4.78 is 0. The second kappa shape index (κ2) is 5.87. The number of benzene rings is 3. The Morgan fingerprint density at radius 1 is 0.640 bits per heavy atom. The molecule has 3 heteroatoms. The summed E-state index contributed by atoms with van der Waals surface area (Å²) in [5, 5.41) is 9.55. The number of carbonyl (C=O) groups excluding carboxylic acids is 1. The van der Waals surface area contributed by atoms with Gasteiger partial charge in [-0.15, -0.1) is 0 Å². The van der Waals surface area contributed by atoms with Crippen LogP contribution in [0.2, 0.25) is 0 Å². The molecular formula is C22H14O3. The maximum absolute atomic E-state index is 13.1. The van der Waals surface area contributed by atoms with Gasteiger partial charge in [0.05, 0.1) is 5.56 Å². The normalized spacial score (nSPS) is 13.0. The van der Waals surface area contributed by atoms with Gasteiger partial charge in [-0.3, -0.25) is 4.79 Å². The van der Waals surface area contributed by atoms with Crippen LogP contribution in [0, 0.1) is 0 Å². The smallest absolute Gasteiger partial charge is 0.336 e. The quantitative estimate of drug-likeness (QED) is 0.769. The molecule has 3 aromatic carbocycles. The lowest BCUT2D eigenvalue weighted by molar-refractivity contribution is 0.0696. The number of carboxylic acid groups (broad SMARTS) is 1. The molecule has 120 valence electrons. The summed E-state index contributed by atoms with van der Waals surface area (Å²) in [4.78, 5) is 24.8. The molecule has 3 aromatic rings. The van der Waals surface area contributed by atoms with E-state index in [9.17, 15) is 14.7 Å². The molecular weight excluding hydrogens is 312 g/mol. The van der Waals surface area contributed by atoms with Crippen LogP contribution in [0.15, 0.2) is 78.9 Å². The third-order valence-corrected chi connectivity index (χ3v) is 4.41. The average Bonchev–Trinajstić information content (AvgIpc) is 2.95. The Bertz CT molecular complexity index is 1030. The lowest BCUT2D eigenvalue weighted by atomic mass is 9.92. The molecule has 1 N–H and O–H groups in total. The van der Waals surface area contributed by atoms with Gasteiger partial charge in [-0.2, -0.15) is 0 Å². The van der Waals surface area contributed by atoms with E-state index in [4.69, 9.17) is 0 Å². The van der Waals surface area contributed by atoms with Gasteiger partial charge in [-0.05, 0) is 17.2 Å². The van der Waals surface area contributed by atoms with Gasteiger partial charge in [0.2, 0.25) is 0 Å². The number of carbonyl (C=O) groups is 2. The maximum atomic E-state index is 13.1. The number of ketones is 1. The predicted molar refractivity (Wildman–Crippen MR) is 96.5 cm³/mol. The zero-order chi connectivity index (χ0) is 17.4. The van der Waals surface area contributed by atoms with E-state index in [1.807, 2.05) is 48.5 Å². The van der Waals surface area contributed by atoms with Crippen LogP contribution in [0.1, 0.15) is 37.4 Å². The lowest BCUT2D eigenvalue weighted by Crippen LogP contribution is -2.06. The fourth-order valence-electron chi connectivity index (χ4n) is 3.33. The van der Waals surface area contributed by atoms with E-state index < -0.39 is 5.97 Å². The summed E-state index contributed by atoms with van der Waals surface area (Å²) in [5.41, 5.74) is 4.17. The van der Waals surface area contributed by atoms with Crippen LogP contribution in [-0.4, -0.2) is 16.9 Å². The number of fused-ring (bicyclic) bond motifs is 1. The van der Waals surface area contributed by atoms with Gasteiger partial charge in [-0.1, -0.05) is 72.8 Å². The molecule has 0 aromatic heterocycles. The highest BCUT2D eigenvalue weighted by atomic mass is 16.4. The molecule has 0 unspecified atom stereocenters. The largest absolute Gasteiger partial charge is 0.478 e. The standard InChI is InChI=1S/C22H14O3/c23-21-17-12-6-4-10-15(17)19(14-8-2-1-3-9-14)20(21)16-11-5-7-13-18(16)22(24)25/h1-13H,(H,24,25). The predicted octanol–water partition coefficient (Wildman–Crippen LogP) is 4.54. The molecule has 0 heterocycles. The first-order valence-corrected chi connectivity index (χ1v) is 7.95. The van der Waals surface area contributed by atoms with Crippen molar-refractivity contribution in [2.24, 2.45) is 0 Å². The zero-order valence-electron chi connectivity index (χ0n) is 13.3. The summed E-state index contributed by atoms with van der Waals surface area (Å²) in [5.74, 6) is -1.18. The molecule has 0 saturated carbocycles. The second-order valence-electron chi connectivity index (χ2n) is 5.84. The maximum Gasteiger partial charge on any atom is 0.336 e. The van der Waals surface area contributed by atoms with Crippen molar-refractivity contribution in [3.63, 3.8) is 0 Å². The highest BCUT2D eigenvalue weighted by Gasteiger charge is 2.32. The topological polar surface area (TPSA) is 54.4 Å². The summed E-state index contributed by atoms with van der Waals surface area (Å²) in [6.07, 6.45) is 0. The van der Waals surface area contributed by atoms with Crippen molar-refractivity contribution in [2.45, 2.75) is 0 Å². The molecule has 25 heavy (non-hydrogen) atoms. The Hall–Kier alpha value is -3.46. The first kappa shape index (κ1) is 15.1. The highest BCUT2D eigenvalue weighted by molar-refractivity contribution is 6.42. The van der Waals surface area contributed by atoms with Crippen molar-refractivity contribution < 1.29 is 14.7 Å². The summed E-state index contributed by atoms with van der Waals surface area (Å²) in [6, 6.07) is 23.7. The number of hydrogen-bond acceptors (Lipinski definition) is 2. The van der Waals surface area contributed by atoms with Crippen LogP contribution in [0.5, 0.6) is 0 Å². The van der Waals surface area contributed by atoms with E-state index in [0.29, 0.717) is 16.7 Å². The Morgan fingerprint density at radius 2 is 1.20 bits per heavy atom. The minimum atomic E-state index is -1.04. The lowest BCUT2D eigenvalue weighted by Gasteiger charge is -2.10. The van der Waals surface area contributed by atoms with Gasteiger partial charge in [0.25, 0.3) is 0 Å². The van der Waals surface area contributed by atoms with Crippen LogP contribution < -0.4 is 0 Å². The molecule has 0 amide bonds. The Labute approximate surface area is 144 Å². The Balaban J connectivity index is 2.08. The van der Waals surface area contributed by atoms with Gasteiger partial charge in [-0.25, -0.2) is 4.79 Å². The second-order valence-corrected chi connectivity index (χ2v) is 5.84. The minimum Gasteiger partial charge on any atom is -0.478 e. The zero-order valence-corrected chi connectivity index (χ0v) is 13.3. The van der Waals surface area contributed by atoms with E-state index in [2.05, 4.69) is 0 Å². The number of Topliss-reactive ketones (excluding diaryl/α,β-unsaturated/α-hetero) is 1. The molecule has 0 radical (unpaired) electrons. The number of allylic oxidation sites excluding steroid dienone is 1. The van der Waals surface area contributed by atoms with Gasteiger partial charge in [0.1, 0.15) is 0 Å². The van der Waals surface area contributed by atoms with Crippen molar-refractivity contribution in [3.8, 4) is 0 Å². The molecule has 1 aliphatic carbocycles. The molecule has 1 aliphatic rings. The van der Waals surface area contributed by atoms with Crippen molar-refractivity contribution in [1.82, 2.24) is 0 Å². The molecule has 0 atom stereocenters. The first-order valence-electron chi connectivity index (χ1n) is 7.95. The molecule has 3 nitrogen and oxygen atoms in total. The molecule has 4 rings (SSSR count). The van der Waals surface area contributed by atoms with Gasteiger partial charge < -0.3 is 5.11 Å². The number of rotatable bonds is 3. The van der Waals surface area contributed by atoms with Crippen LogP contribution in [0.3, 0.4) is 0 Å². The summed E-state index contributed by atoms with van der Waals surface area (Å²) >= 11 is 0. The van der Waals surface area contributed by atoms with E-state index in [1.54, 1.807) is 24.3 Å². The summed E-state index contributed by atoms with van der Waals surface area (Å²) in [6.45, 7) is 0. The monoisotopic (exact) mass is 326 g/mol. The molecule has 0 saturated heterocycles. The number of hydrogen-bond donors (Lipinski definition) is 1. The van der Waals surface area contributed by atoms with Gasteiger partial charge in [0, 0.05) is 22.3 Å². The van der Waals surface area contributed by atoms with Crippen LogP contribution in [-0.2, 0) is 0 Å². The molecule has 0 aliphatic heterocycles. The minimum absolute atomic E-state index is 0.132. The Morgan fingerprint density at radius 3 is 1.88 bits per heavy atom. The summed E-state index contributed by atoms with van der Waals surface area (Å²) in [7, 11) is 0. The van der Waals surface area contributed by atoms with E-state index >= 15 is 0 Å². The van der Waals surface area contributed by atoms with Gasteiger partial charge in [0.15, 0.2) is 5.78 Å². The van der Waals surface area contributed by atoms with Crippen molar-refractivity contribution in [2.75, 3.05) is 0 Å². The Kier molecular flexibility index (Phi) is 3.55. The molecule has 0 fully saturated rings. The third-order valence-electron chi connectivity index (χ3n) is 4.41.